The predicted molar refractivity (Wildman–Crippen MR) is 97.9 cm³/mol. The van der Waals surface area contributed by atoms with E-state index in [0.717, 1.165) is 5.39 Å². The van der Waals surface area contributed by atoms with Crippen LogP contribution in [0.1, 0.15) is 27.8 Å². The van der Waals surface area contributed by atoms with Crippen LogP contribution in [-0.2, 0) is 4.74 Å². The summed E-state index contributed by atoms with van der Waals surface area (Å²) in [4.78, 5) is 31.0. The van der Waals surface area contributed by atoms with E-state index in [1.807, 2.05) is 0 Å². The highest BCUT2D eigenvalue weighted by atomic mass is 16.5. The van der Waals surface area contributed by atoms with Gasteiger partial charge in [-0.1, -0.05) is 0 Å². The van der Waals surface area contributed by atoms with Crippen molar-refractivity contribution in [2.24, 2.45) is 0 Å². The molecule has 0 unspecified atom stereocenters. The summed E-state index contributed by atoms with van der Waals surface area (Å²) in [6.45, 7) is 2.44. The molecule has 2 aromatic heterocycles. The molecule has 0 fully saturated rings. The molecule has 0 spiro atoms. The Balaban J connectivity index is 1.69. The Morgan fingerprint density at radius 2 is 1.92 bits per heavy atom. The fourth-order valence-corrected chi connectivity index (χ4v) is 2.42. The minimum Gasteiger partial charge on any atom is -0.491 e. The van der Waals surface area contributed by atoms with Gasteiger partial charge in [0.05, 0.1) is 24.2 Å². The van der Waals surface area contributed by atoms with Crippen LogP contribution in [0.5, 0.6) is 5.75 Å². The summed E-state index contributed by atoms with van der Waals surface area (Å²) in [6, 6.07) is 10.3. The molecule has 3 aromatic rings. The number of nitrogens with zero attached hydrogens (tertiary/aromatic N) is 1. The lowest BCUT2D eigenvalue weighted by Gasteiger charge is -2.07. The number of carbonyl (C=O) groups excluding carboxylic acids is 2. The smallest absolute Gasteiger partial charge is 0.255 e. The number of fused-ring (bicyclic) bond motifs is 1. The molecule has 0 bridgehead atoms. The van der Waals surface area contributed by atoms with Crippen LogP contribution >= 0.6 is 0 Å². The van der Waals surface area contributed by atoms with Crippen LogP contribution < -0.4 is 10.1 Å². The Labute approximate surface area is 150 Å². The molecule has 0 saturated carbocycles. The molecule has 2 heterocycles. The maximum atomic E-state index is 12.4. The summed E-state index contributed by atoms with van der Waals surface area (Å²) < 4.78 is 10.4. The molecule has 2 N–H and O–H groups in total. The molecule has 1 aromatic carbocycles. The fraction of sp³-hybridized carbons (Fsp3) is 0.211. The van der Waals surface area contributed by atoms with E-state index in [4.69, 9.17) is 9.47 Å². The molecule has 7 nitrogen and oxygen atoms in total. The van der Waals surface area contributed by atoms with E-state index in [1.165, 1.54) is 6.92 Å². The first kappa shape index (κ1) is 17.6. The third kappa shape index (κ3) is 4.07. The molecule has 0 atom stereocenters. The number of amides is 1. The highest BCUT2D eigenvalue weighted by molar-refractivity contribution is 6.05. The average molecular weight is 353 g/mol. The second-order valence-electron chi connectivity index (χ2n) is 5.72. The number of hydrogen-bond acceptors (Lipinski definition) is 5. The van der Waals surface area contributed by atoms with Gasteiger partial charge >= 0.3 is 0 Å². The Morgan fingerprint density at radius 1 is 1.15 bits per heavy atom. The third-order valence-electron chi connectivity index (χ3n) is 3.78. The second-order valence-corrected chi connectivity index (χ2v) is 5.72. The van der Waals surface area contributed by atoms with Gasteiger partial charge in [0.1, 0.15) is 18.0 Å². The first-order valence-electron chi connectivity index (χ1n) is 8.09. The third-order valence-corrected chi connectivity index (χ3v) is 3.78. The van der Waals surface area contributed by atoms with E-state index in [1.54, 1.807) is 49.7 Å². The topological polar surface area (TPSA) is 93.3 Å². The summed E-state index contributed by atoms with van der Waals surface area (Å²) in [6.07, 6.45) is 1.54. The Morgan fingerprint density at radius 3 is 2.62 bits per heavy atom. The summed E-state index contributed by atoms with van der Waals surface area (Å²) in [7, 11) is 1.61. The van der Waals surface area contributed by atoms with Crippen LogP contribution in [0.2, 0.25) is 0 Å². The molecular weight excluding hydrogens is 334 g/mol. The molecular formula is C19H19N3O4. The number of H-pyrrole nitrogens is 1. The van der Waals surface area contributed by atoms with Gasteiger partial charge in [0.25, 0.3) is 5.91 Å². The molecule has 7 heteroatoms. The number of benzene rings is 1. The average Bonchev–Trinajstić information content (AvgIpc) is 3.06. The second kappa shape index (κ2) is 7.79. The molecule has 1 amide bonds. The number of anilines is 1. The fourth-order valence-electron chi connectivity index (χ4n) is 2.42. The zero-order valence-electron chi connectivity index (χ0n) is 14.5. The number of hydrogen-bond donors (Lipinski definition) is 2. The Hall–Kier alpha value is -3.19. The lowest BCUT2D eigenvalue weighted by Crippen LogP contribution is -2.12. The van der Waals surface area contributed by atoms with Gasteiger partial charge in [-0.05, 0) is 36.4 Å². The minimum absolute atomic E-state index is 0.0682. The van der Waals surface area contributed by atoms with Gasteiger partial charge in [0.15, 0.2) is 5.78 Å². The normalized spacial score (nSPS) is 10.7. The van der Waals surface area contributed by atoms with Gasteiger partial charge in [-0.25, -0.2) is 4.98 Å². The number of ketones is 1. The number of rotatable bonds is 7. The van der Waals surface area contributed by atoms with Crippen molar-refractivity contribution in [1.29, 1.82) is 0 Å². The molecule has 0 saturated heterocycles. The van der Waals surface area contributed by atoms with E-state index in [9.17, 15) is 9.59 Å². The van der Waals surface area contributed by atoms with Gasteiger partial charge in [-0.15, -0.1) is 0 Å². The standard InChI is InChI=1S/C19H19N3O4/c1-12(23)17-10-14-9-15(11-20-18(14)22-17)21-19(24)13-3-5-16(6-4-13)26-8-7-25-2/h3-6,9-11H,7-8H2,1-2H3,(H,20,22)(H,21,24). The number of Topliss-reactive ketones (excluding diaryl/α,β-unsaturated/α-hetero) is 1. The number of aromatic amines is 1. The first-order valence-corrected chi connectivity index (χ1v) is 8.09. The van der Waals surface area contributed by atoms with E-state index < -0.39 is 0 Å². The van der Waals surface area contributed by atoms with Crippen molar-refractivity contribution in [1.82, 2.24) is 9.97 Å². The van der Waals surface area contributed by atoms with Gasteiger partial charge in [0, 0.05) is 25.0 Å². The van der Waals surface area contributed by atoms with Crippen molar-refractivity contribution in [3.05, 3.63) is 53.9 Å². The number of pyridine rings is 1. The molecule has 134 valence electrons. The van der Waals surface area contributed by atoms with Crippen molar-refractivity contribution in [2.45, 2.75) is 6.92 Å². The molecule has 26 heavy (non-hydrogen) atoms. The number of methoxy groups -OCH3 is 1. The maximum Gasteiger partial charge on any atom is 0.255 e. The zero-order valence-corrected chi connectivity index (χ0v) is 14.5. The highest BCUT2D eigenvalue weighted by Crippen LogP contribution is 2.19. The quantitative estimate of drug-likeness (QED) is 0.503. The van der Waals surface area contributed by atoms with Crippen molar-refractivity contribution in [3.8, 4) is 5.75 Å². The summed E-state index contributed by atoms with van der Waals surface area (Å²) in [5, 5.41) is 3.56. The van der Waals surface area contributed by atoms with E-state index in [-0.39, 0.29) is 11.7 Å². The van der Waals surface area contributed by atoms with Crippen molar-refractivity contribution in [3.63, 3.8) is 0 Å². The molecule has 0 radical (unpaired) electrons. The van der Waals surface area contributed by atoms with E-state index >= 15 is 0 Å². The number of ether oxygens (including phenoxy) is 2. The number of nitrogens with one attached hydrogen (secondary N) is 2. The lowest BCUT2D eigenvalue weighted by atomic mass is 10.2. The first-order chi connectivity index (χ1) is 12.6. The van der Waals surface area contributed by atoms with E-state index in [2.05, 4.69) is 15.3 Å². The molecule has 0 aliphatic rings. The summed E-state index contributed by atoms with van der Waals surface area (Å²) in [5.41, 5.74) is 2.14. The van der Waals surface area contributed by atoms with Gasteiger partial charge in [0.2, 0.25) is 0 Å². The van der Waals surface area contributed by atoms with E-state index in [0.29, 0.717) is 41.6 Å². The monoisotopic (exact) mass is 353 g/mol. The predicted octanol–water partition coefficient (Wildman–Crippen LogP) is 3.04. The van der Waals surface area contributed by atoms with Crippen LogP contribution in [-0.4, -0.2) is 42.0 Å². The summed E-state index contributed by atoms with van der Waals surface area (Å²) in [5.74, 6) is 0.351. The SMILES string of the molecule is COCCOc1ccc(C(=O)Nc2cnc3[nH]c(C(C)=O)cc3c2)cc1. The van der Waals surface area contributed by atoms with Crippen LogP contribution in [0, 0.1) is 0 Å². The largest absolute Gasteiger partial charge is 0.491 e. The van der Waals surface area contributed by atoms with Crippen molar-refractivity contribution in [2.75, 3.05) is 25.6 Å². The minimum atomic E-state index is -0.253. The van der Waals surface area contributed by atoms with Crippen LogP contribution in [0.15, 0.2) is 42.6 Å². The van der Waals surface area contributed by atoms with Crippen LogP contribution in [0.4, 0.5) is 5.69 Å². The Kier molecular flexibility index (Phi) is 5.28. The molecule has 3 rings (SSSR count). The van der Waals surface area contributed by atoms with Gasteiger partial charge in [-0.3, -0.25) is 9.59 Å². The number of carbonyl (C=O) groups is 2. The number of aromatic nitrogens is 2. The van der Waals surface area contributed by atoms with Crippen LogP contribution in [0.25, 0.3) is 11.0 Å². The molecule has 0 aliphatic carbocycles. The van der Waals surface area contributed by atoms with Crippen LogP contribution in [0.3, 0.4) is 0 Å². The maximum absolute atomic E-state index is 12.4. The Bertz CT molecular complexity index is 932. The van der Waals surface area contributed by atoms with Gasteiger partial charge < -0.3 is 19.8 Å². The summed E-state index contributed by atoms with van der Waals surface area (Å²) >= 11 is 0. The molecule has 0 aliphatic heterocycles. The zero-order chi connectivity index (χ0) is 18.5. The van der Waals surface area contributed by atoms with Gasteiger partial charge in [-0.2, -0.15) is 0 Å². The van der Waals surface area contributed by atoms with Crippen molar-refractivity contribution >= 4 is 28.4 Å². The lowest BCUT2D eigenvalue weighted by molar-refractivity contribution is 0.101. The van der Waals surface area contributed by atoms with Crippen molar-refractivity contribution < 1.29 is 19.1 Å². The highest BCUT2D eigenvalue weighted by Gasteiger charge is 2.10.